The third-order valence-corrected chi connectivity index (χ3v) is 4.56. The molecule has 0 saturated carbocycles. The van der Waals surface area contributed by atoms with Crippen molar-refractivity contribution in [2.45, 2.75) is 38.1 Å². The first-order valence-electron chi connectivity index (χ1n) is 6.18. The topological polar surface area (TPSA) is 12.0 Å². The van der Waals surface area contributed by atoms with Gasteiger partial charge in [-0.2, -0.15) is 0 Å². The van der Waals surface area contributed by atoms with Gasteiger partial charge in [-0.3, -0.25) is 0 Å². The van der Waals surface area contributed by atoms with Gasteiger partial charge in [0.1, 0.15) is 5.82 Å². The van der Waals surface area contributed by atoms with Crippen LogP contribution in [0.1, 0.15) is 38.8 Å². The van der Waals surface area contributed by atoms with Crippen LogP contribution in [-0.4, -0.2) is 12.8 Å². The van der Waals surface area contributed by atoms with Gasteiger partial charge in [-0.05, 0) is 31.5 Å². The molecule has 1 N–H and O–H groups in total. The summed E-state index contributed by atoms with van der Waals surface area (Å²) in [5.41, 5.74) is 1.06. The lowest BCUT2D eigenvalue weighted by Crippen LogP contribution is -2.14. The van der Waals surface area contributed by atoms with Gasteiger partial charge in [0.15, 0.2) is 0 Å². The minimum atomic E-state index is -0.0992. The molecule has 17 heavy (non-hydrogen) atoms. The SMILES string of the molecule is CCC(C)CSc1c(F)cccc1C(C)NC. The van der Waals surface area contributed by atoms with Crippen LogP contribution >= 0.6 is 11.8 Å². The lowest BCUT2D eigenvalue weighted by molar-refractivity contribution is 0.574. The molecular weight excluding hydrogens is 233 g/mol. The first-order valence-corrected chi connectivity index (χ1v) is 7.17. The number of benzene rings is 1. The Labute approximate surface area is 108 Å². The molecule has 1 rings (SSSR count). The molecule has 1 aromatic rings. The van der Waals surface area contributed by atoms with Crippen molar-refractivity contribution in [3.05, 3.63) is 29.6 Å². The Morgan fingerprint density at radius 3 is 2.65 bits per heavy atom. The van der Waals surface area contributed by atoms with Crippen LogP contribution in [-0.2, 0) is 0 Å². The number of halogens is 1. The van der Waals surface area contributed by atoms with E-state index in [4.69, 9.17) is 0 Å². The fraction of sp³-hybridized carbons (Fsp3) is 0.571. The van der Waals surface area contributed by atoms with Gasteiger partial charge in [0.25, 0.3) is 0 Å². The summed E-state index contributed by atoms with van der Waals surface area (Å²) in [4.78, 5) is 0.801. The predicted molar refractivity (Wildman–Crippen MR) is 74.1 cm³/mol. The van der Waals surface area contributed by atoms with Crippen molar-refractivity contribution in [1.29, 1.82) is 0 Å². The number of thioether (sulfide) groups is 1. The van der Waals surface area contributed by atoms with E-state index >= 15 is 0 Å². The summed E-state index contributed by atoms with van der Waals surface area (Å²) in [7, 11) is 1.90. The molecule has 3 heteroatoms. The summed E-state index contributed by atoms with van der Waals surface area (Å²) >= 11 is 1.64. The standard InChI is InChI=1S/C14H22FNS/c1-5-10(2)9-17-14-12(11(3)16-4)7-6-8-13(14)15/h6-8,10-11,16H,5,9H2,1-4H3. The van der Waals surface area contributed by atoms with Gasteiger partial charge in [0.05, 0.1) is 0 Å². The highest BCUT2D eigenvalue weighted by Crippen LogP contribution is 2.31. The molecule has 96 valence electrons. The van der Waals surface area contributed by atoms with Crippen LogP contribution in [0, 0.1) is 11.7 Å². The first-order chi connectivity index (χ1) is 8.10. The largest absolute Gasteiger partial charge is 0.313 e. The zero-order valence-electron chi connectivity index (χ0n) is 11.1. The average Bonchev–Trinajstić information content (AvgIpc) is 2.35. The lowest BCUT2D eigenvalue weighted by Gasteiger charge is -2.17. The van der Waals surface area contributed by atoms with Crippen LogP contribution < -0.4 is 5.32 Å². The van der Waals surface area contributed by atoms with E-state index < -0.39 is 0 Å². The van der Waals surface area contributed by atoms with Gasteiger partial charge in [-0.25, -0.2) is 4.39 Å². The van der Waals surface area contributed by atoms with E-state index in [-0.39, 0.29) is 11.9 Å². The van der Waals surface area contributed by atoms with Gasteiger partial charge in [0.2, 0.25) is 0 Å². The summed E-state index contributed by atoms with van der Waals surface area (Å²) in [6.07, 6.45) is 1.14. The van der Waals surface area contributed by atoms with Gasteiger partial charge in [-0.1, -0.05) is 32.4 Å². The van der Waals surface area contributed by atoms with Crippen molar-refractivity contribution in [2.24, 2.45) is 5.92 Å². The van der Waals surface area contributed by atoms with Crippen LogP contribution in [0.25, 0.3) is 0 Å². The van der Waals surface area contributed by atoms with E-state index in [2.05, 4.69) is 26.1 Å². The Morgan fingerprint density at radius 2 is 2.06 bits per heavy atom. The maximum Gasteiger partial charge on any atom is 0.137 e. The fourth-order valence-electron chi connectivity index (χ4n) is 1.52. The van der Waals surface area contributed by atoms with E-state index in [1.54, 1.807) is 23.9 Å². The van der Waals surface area contributed by atoms with Crippen molar-refractivity contribution in [3.8, 4) is 0 Å². The quantitative estimate of drug-likeness (QED) is 0.763. The predicted octanol–water partition coefficient (Wildman–Crippen LogP) is 4.24. The van der Waals surface area contributed by atoms with Crippen molar-refractivity contribution in [1.82, 2.24) is 5.32 Å². The smallest absolute Gasteiger partial charge is 0.137 e. The molecule has 0 amide bonds. The monoisotopic (exact) mass is 255 g/mol. The molecule has 0 fully saturated rings. The molecule has 0 radical (unpaired) electrons. The van der Waals surface area contributed by atoms with Gasteiger partial charge in [-0.15, -0.1) is 11.8 Å². The lowest BCUT2D eigenvalue weighted by atomic mass is 10.1. The van der Waals surface area contributed by atoms with E-state index in [0.717, 1.165) is 22.6 Å². The number of hydrogen-bond donors (Lipinski definition) is 1. The van der Waals surface area contributed by atoms with Crippen molar-refractivity contribution < 1.29 is 4.39 Å². The molecule has 1 aromatic carbocycles. The molecule has 0 aliphatic rings. The molecule has 0 aliphatic carbocycles. The molecule has 0 saturated heterocycles. The molecule has 2 atom stereocenters. The second kappa shape index (κ2) is 7.02. The van der Waals surface area contributed by atoms with Crippen molar-refractivity contribution in [2.75, 3.05) is 12.8 Å². The number of rotatable bonds is 6. The minimum absolute atomic E-state index is 0.0992. The normalized spacial score (nSPS) is 14.6. The Balaban J connectivity index is 2.88. The van der Waals surface area contributed by atoms with Gasteiger partial charge in [0, 0.05) is 16.7 Å². The first kappa shape index (κ1) is 14.5. The summed E-state index contributed by atoms with van der Waals surface area (Å²) in [6.45, 7) is 6.43. The maximum atomic E-state index is 13.9. The average molecular weight is 255 g/mol. The van der Waals surface area contributed by atoms with Crippen LogP contribution in [0.2, 0.25) is 0 Å². The fourth-order valence-corrected chi connectivity index (χ4v) is 2.82. The molecule has 0 spiro atoms. The maximum absolute atomic E-state index is 13.9. The molecular formula is C14H22FNS. The van der Waals surface area contributed by atoms with E-state index in [9.17, 15) is 4.39 Å². The van der Waals surface area contributed by atoms with E-state index in [0.29, 0.717) is 5.92 Å². The third-order valence-electron chi connectivity index (χ3n) is 3.11. The number of hydrogen-bond acceptors (Lipinski definition) is 2. The van der Waals surface area contributed by atoms with E-state index in [1.807, 2.05) is 13.1 Å². The number of nitrogens with one attached hydrogen (secondary N) is 1. The Bertz CT molecular complexity index is 354. The van der Waals surface area contributed by atoms with Crippen molar-refractivity contribution >= 4 is 11.8 Å². The summed E-state index contributed by atoms with van der Waals surface area (Å²) in [5, 5.41) is 3.17. The van der Waals surface area contributed by atoms with Gasteiger partial charge >= 0.3 is 0 Å². The molecule has 1 nitrogen and oxygen atoms in total. The molecule has 2 unspecified atom stereocenters. The summed E-state index contributed by atoms with van der Waals surface area (Å²) in [6, 6.07) is 5.52. The zero-order valence-corrected chi connectivity index (χ0v) is 11.9. The van der Waals surface area contributed by atoms with Crippen LogP contribution in [0.4, 0.5) is 4.39 Å². The highest BCUT2D eigenvalue weighted by Gasteiger charge is 2.14. The third kappa shape index (κ3) is 4.00. The Hall–Kier alpha value is -0.540. The summed E-state index contributed by atoms with van der Waals surface area (Å²) in [5.74, 6) is 1.50. The Morgan fingerprint density at radius 1 is 1.35 bits per heavy atom. The second-order valence-corrected chi connectivity index (χ2v) is 5.52. The van der Waals surface area contributed by atoms with Crippen LogP contribution in [0.5, 0.6) is 0 Å². The molecule has 0 bridgehead atoms. The Kier molecular flexibility index (Phi) is 6.00. The molecule has 0 aromatic heterocycles. The van der Waals surface area contributed by atoms with Crippen LogP contribution in [0.3, 0.4) is 0 Å². The highest BCUT2D eigenvalue weighted by atomic mass is 32.2. The molecule has 0 aliphatic heterocycles. The minimum Gasteiger partial charge on any atom is -0.313 e. The van der Waals surface area contributed by atoms with Crippen LogP contribution in [0.15, 0.2) is 23.1 Å². The summed E-state index contributed by atoms with van der Waals surface area (Å²) < 4.78 is 13.9. The second-order valence-electron chi connectivity index (χ2n) is 4.49. The highest BCUT2D eigenvalue weighted by molar-refractivity contribution is 7.99. The van der Waals surface area contributed by atoms with E-state index in [1.165, 1.54) is 0 Å². The van der Waals surface area contributed by atoms with Crippen molar-refractivity contribution in [3.63, 3.8) is 0 Å². The molecule has 0 heterocycles. The zero-order chi connectivity index (χ0) is 12.8. The van der Waals surface area contributed by atoms with Gasteiger partial charge < -0.3 is 5.32 Å².